The molecule has 0 aromatic heterocycles. The molecule has 0 radical (unpaired) electrons. The van der Waals surface area contributed by atoms with Gasteiger partial charge < -0.3 is 9.47 Å². The van der Waals surface area contributed by atoms with Crippen LogP contribution in [0.4, 0.5) is 0 Å². The molecule has 0 saturated heterocycles. The van der Waals surface area contributed by atoms with Gasteiger partial charge in [-0.3, -0.25) is 0 Å². The van der Waals surface area contributed by atoms with Crippen LogP contribution in [0.2, 0.25) is 0 Å². The maximum absolute atomic E-state index is 6.08. The van der Waals surface area contributed by atoms with Gasteiger partial charge in [0.15, 0.2) is 0 Å². The second-order valence-electron chi connectivity index (χ2n) is 7.44. The average Bonchev–Trinajstić information content (AvgIpc) is 3.00. The van der Waals surface area contributed by atoms with Crippen LogP contribution in [0.1, 0.15) is 59.9 Å². The van der Waals surface area contributed by atoms with Crippen molar-refractivity contribution in [2.24, 2.45) is 0 Å². The molecule has 0 unspecified atom stereocenters. The van der Waals surface area contributed by atoms with E-state index in [0.717, 1.165) is 11.5 Å². The van der Waals surface area contributed by atoms with Gasteiger partial charge in [0.2, 0.25) is 0 Å². The topological polar surface area (TPSA) is 18.5 Å². The summed E-state index contributed by atoms with van der Waals surface area (Å²) >= 11 is 0. The van der Waals surface area contributed by atoms with Crippen LogP contribution in [0.5, 0.6) is 11.5 Å². The Balaban J connectivity index is 2.30. The molecule has 2 nitrogen and oxygen atoms in total. The van der Waals surface area contributed by atoms with Crippen LogP contribution < -0.4 is 9.47 Å². The van der Waals surface area contributed by atoms with Gasteiger partial charge in [-0.1, -0.05) is 20.8 Å². The van der Waals surface area contributed by atoms with Crippen molar-refractivity contribution in [2.75, 3.05) is 0 Å². The highest BCUT2D eigenvalue weighted by molar-refractivity contribution is 5.44. The van der Waals surface area contributed by atoms with Crippen LogP contribution in [0, 0.1) is 0 Å². The maximum Gasteiger partial charge on any atom is 0.124 e. The van der Waals surface area contributed by atoms with Crippen LogP contribution in [0.3, 0.4) is 0 Å². The number of hydrogen-bond donors (Lipinski definition) is 0. The average molecular weight is 262 g/mol. The van der Waals surface area contributed by atoms with Gasteiger partial charge in [-0.15, -0.1) is 0 Å². The third-order valence-corrected chi connectivity index (χ3v) is 3.00. The summed E-state index contributed by atoms with van der Waals surface area (Å²) in [6.45, 7) is 12.9. The molecular formula is C17H26O2. The van der Waals surface area contributed by atoms with Crippen molar-refractivity contribution in [3.8, 4) is 11.5 Å². The number of hydrogen-bond acceptors (Lipinski definition) is 2. The SMILES string of the molecule is CC(C)(C)Oc1ccc(OC2CC2)cc1C(C)(C)C. The molecule has 2 heteroatoms. The van der Waals surface area contributed by atoms with E-state index in [1.807, 2.05) is 12.1 Å². The van der Waals surface area contributed by atoms with Crippen molar-refractivity contribution in [1.82, 2.24) is 0 Å². The van der Waals surface area contributed by atoms with Crippen molar-refractivity contribution in [3.63, 3.8) is 0 Å². The van der Waals surface area contributed by atoms with E-state index in [-0.39, 0.29) is 11.0 Å². The van der Waals surface area contributed by atoms with Crippen LogP contribution in [0.25, 0.3) is 0 Å². The number of rotatable bonds is 3. The Morgan fingerprint density at radius 3 is 2.11 bits per heavy atom. The molecule has 0 atom stereocenters. The molecule has 1 aromatic carbocycles. The van der Waals surface area contributed by atoms with E-state index in [1.54, 1.807) is 0 Å². The van der Waals surface area contributed by atoms with Gasteiger partial charge in [-0.05, 0) is 57.2 Å². The molecule has 1 aromatic rings. The lowest BCUT2D eigenvalue weighted by Crippen LogP contribution is -2.25. The van der Waals surface area contributed by atoms with Crippen LogP contribution in [0.15, 0.2) is 18.2 Å². The van der Waals surface area contributed by atoms with Gasteiger partial charge in [0.1, 0.15) is 17.1 Å². The Hall–Kier alpha value is -1.18. The second-order valence-corrected chi connectivity index (χ2v) is 7.44. The van der Waals surface area contributed by atoms with E-state index in [1.165, 1.54) is 18.4 Å². The van der Waals surface area contributed by atoms with Crippen molar-refractivity contribution < 1.29 is 9.47 Å². The van der Waals surface area contributed by atoms with E-state index >= 15 is 0 Å². The molecule has 0 amide bonds. The zero-order valence-electron chi connectivity index (χ0n) is 13.0. The zero-order chi connectivity index (χ0) is 14.3. The van der Waals surface area contributed by atoms with E-state index in [9.17, 15) is 0 Å². The third kappa shape index (κ3) is 4.15. The van der Waals surface area contributed by atoms with Gasteiger partial charge in [0.05, 0.1) is 6.10 Å². The van der Waals surface area contributed by atoms with E-state index in [4.69, 9.17) is 9.47 Å². The molecule has 106 valence electrons. The van der Waals surface area contributed by atoms with Gasteiger partial charge in [-0.25, -0.2) is 0 Å². The molecule has 1 aliphatic rings. The van der Waals surface area contributed by atoms with Gasteiger partial charge >= 0.3 is 0 Å². The Bertz CT molecular complexity index is 445. The summed E-state index contributed by atoms with van der Waals surface area (Å²) in [5, 5.41) is 0. The van der Waals surface area contributed by atoms with E-state index in [2.05, 4.69) is 47.6 Å². The number of benzene rings is 1. The molecule has 1 aliphatic carbocycles. The summed E-state index contributed by atoms with van der Waals surface area (Å²) < 4.78 is 12.0. The first-order valence-corrected chi connectivity index (χ1v) is 7.15. The highest BCUT2D eigenvalue weighted by atomic mass is 16.5. The molecule has 19 heavy (non-hydrogen) atoms. The van der Waals surface area contributed by atoms with E-state index in [0.29, 0.717) is 6.10 Å². The molecule has 1 fully saturated rings. The first kappa shape index (κ1) is 14.2. The lowest BCUT2D eigenvalue weighted by atomic mass is 9.86. The molecule has 0 N–H and O–H groups in total. The van der Waals surface area contributed by atoms with Crippen LogP contribution >= 0.6 is 0 Å². The maximum atomic E-state index is 6.08. The first-order valence-electron chi connectivity index (χ1n) is 7.15. The van der Waals surface area contributed by atoms with Crippen molar-refractivity contribution in [2.45, 2.75) is 71.5 Å². The van der Waals surface area contributed by atoms with Crippen molar-refractivity contribution >= 4 is 0 Å². The molecule has 1 saturated carbocycles. The van der Waals surface area contributed by atoms with Gasteiger partial charge in [0.25, 0.3) is 0 Å². The molecule has 0 aliphatic heterocycles. The standard InChI is InChI=1S/C17H26O2/c1-16(2,3)14-11-13(18-12-7-8-12)9-10-15(14)19-17(4,5)6/h9-12H,7-8H2,1-6H3. The fourth-order valence-electron chi connectivity index (χ4n) is 1.97. The zero-order valence-corrected chi connectivity index (χ0v) is 13.0. The summed E-state index contributed by atoms with van der Waals surface area (Å²) in [7, 11) is 0. The van der Waals surface area contributed by atoms with Crippen LogP contribution in [-0.2, 0) is 5.41 Å². The summed E-state index contributed by atoms with van der Waals surface area (Å²) in [5.41, 5.74) is 1.07. The summed E-state index contributed by atoms with van der Waals surface area (Å²) in [6, 6.07) is 6.21. The van der Waals surface area contributed by atoms with Crippen molar-refractivity contribution in [3.05, 3.63) is 23.8 Å². The highest BCUT2D eigenvalue weighted by Crippen LogP contribution is 2.37. The predicted molar refractivity (Wildman–Crippen MR) is 79.2 cm³/mol. The predicted octanol–water partition coefficient (Wildman–Crippen LogP) is 4.70. The largest absolute Gasteiger partial charge is 0.490 e. The smallest absolute Gasteiger partial charge is 0.124 e. The molecule has 0 spiro atoms. The lowest BCUT2D eigenvalue weighted by molar-refractivity contribution is 0.127. The normalized spacial score (nSPS) is 16.3. The van der Waals surface area contributed by atoms with Crippen LogP contribution in [-0.4, -0.2) is 11.7 Å². The lowest BCUT2D eigenvalue weighted by Gasteiger charge is -2.28. The van der Waals surface area contributed by atoms with Gasteiger partial charge in [0, 0.05) is 5.56 Å². The van der Waals surface area contributed by atoms with Crippen molar-refractivity contribution in [1.29, 1.82) is 0 Å². The van der Waals surface area contributed by atoms with Gasteiger partial charge in [-0.2, -0.15) is 0 Å². The Morgan fingerprint density at radius 2 is 1.63 bits per heavy atom. The fraction of sp³-hybridized carbons (Fsp3) is 0.647. The second kappa shape index (κ2) is 4.73. The summed E-state index contributed by atoms with van der Waals surface area (Å²) in [4.78, 5) is 0. The first-order chi connectivity index (χ1) is 8.65. The fourth-order valence-corrected chi connectivity index (χ4v) is 1.97. The Labute approximate surface area is 117 Å². The molecular weight excluding hydrogens is 236 g/mol. The summed E-state index contributed by atoms with van der Waals surface area (Å²) in [6.07, 6.45) is 2.80. The van der Waals surface area contributed by atoms with E-state index < -0.39 is 0 Å². The Kier molecular flexibility index (Phi) is 3.55. The highest BCUT2D eigenvalue weighted by Gasteiger charge is 2.26. The number of ether oxygens (including phenoxy) is 2. The minimum atomic E-state index is -0.182. The Morgan fingerprint density at radius 1 is 1.00 bits per heavy atom. The third-order valence-electron chi connectivity index (χ3n) is 3.00. The minimum absolute atomic E-state index is 0.0451. The quantitative estimate of drug-likeness (QED) is 0.786. The minimum Gasteiger partial charge on any atom is -0.490 e. The summed E-state index contributed by atoms with van der Waals surface area (Å²) in [5.74, 6) is 1.93. The monoisotopic (exact) mass is 262 g/mol. The molecule has 0 heterocycles. The molecule has 2 rings (SSSR count). The molecule has 0 bridgehead atoms.